The molecule has 3 aliphatic heterocycles. The van der Waals surface area contributed by atoms with Crippen molar-refractivity contribution in [2.45, 2.75) is 32.5 Å². The Balaban J connectivity index is 1.52. The smallest absolute Gasteiger partial charge is 0.277 e. The fourth-order valence-electron chi connectivity index (χ4n) is 4.34. The monoisotopic (exact) mass is 419 g/mol. The molecule has 2 amide bonds. The molecule has 4 heterocycles. The molecule has 2 fully saturated rings. The standard InChI is InChI=1S/C21H29N3O4S/c1-15-13-23(14-16(2)28-15)19-18(17-5-3-12-29-17)20(25)24(21(19)26)7-4-6-22-8-10-27-11-9-22/h3,5,12,15-16H,4,6-11,13-14H2,1-2H3. The van der Waals surface area contributed by atoms with E-state index < -0.39 is 0 Å². The Bertz CT molecular complexity index is 763. The molecule has 2 atom stereocenters. The quantitative estimate of drug-likeness (QED) is 0.654. The summed E-state index contributed by atoms with van der Waals surface area (Å²) < 4.78 is 11.2. The Morgan fingerprint density at radius 1 is 1.07 bits per heavy atom. The minimum atomic E-state index is -0.166. The Hall–Kier alpha value is -1.74. The average molecular weight is 420 g/mol. The summed E-state index contributed by atoms with van der Waals surface area (Å²) in [5.74, 6) is -0.331. The second-order valence-corrected chi connectivity index (χ2v) is 8.88. The van der Waals surface area contributed by atoms with Crippen LogP contribution in [0.5, 0.6) is 0 Å². The van der Waals surface area contributed by atoms with Crippen molar-refractivity contribution in [3.8, 4) is 0 Å². The van der Waals surface area contributed by atoms with Crippen molar-refractivity contribution in [1.29, 1.82) is 0 Å². The van der Waals surface area contributed by atoms with Crippen molar-refractivity contribution in [3.05, 3.63) is 28.1 Å². The fourth-order valence-corrected chi connectivity index (χ4v) is 5.10. The third-order valence-electron chi connectivity index (χ3n) is 5.61. The van der Waals surface area contributed by atoms with Crippen LogP contribution in [-0.2, 0) is 19.1 Å². The van der Waals surface area contributed by atoms with E-state index >= 15 is 0 Å². The van der Waals surface area contributed by atoms with E-state index in [-0.39, 0.29) is 24.0 Å². The number of thiophene rings is 1. The van der Waals surface area contributed by atoms with Gasteiger partial charge in [-0.25, -0.2) is 0 Å². The van der Waals surface area contributed by atoms with Crippen LogP contribution in [0.15, 0.2) is 23.2 Å². The number of morpholine rings is 2. The summed E-state index contributed by atoms with van der Waals surface area (Å²) in [7, 11) is 0. The first-order chi connectivity index (χ1) is 14.0. The third-order valence-corrected chi connectivity index (χ3v) is 6.49. The van der Waals surface area contributed by atoms with E-state index in [1.165, 1.54) is 16.2 Å². The van der Waals surface area contributed by atoms with Gasteiger partial charge < -0.3 is 14.4 Å². The molecular formula is C21H29N3O4S. The van der Waals surface area contributed by atoms with Gasteiger partial charge in [0.15, 0.2) is 0 Å². The molecule has 2 unspecified atom stereocenters. The number of rotatable bonds is 6. The van der Waals surface area contributed by atoms with Crippen LogP contribution < -0.4 is 0 Å². The first-order valence-corrected chi connectivity index (χ1v) is 11.3. The van der Waals surface area contributed by atoms with Crippen molar-refractivity contribution < 1.29 is 19.1 Å². The van der Waals surface area contributed by atoms with E-state index in [0.29, 0.717) is 30.9 Å². The van der Waals surface area contributed by atoms with Crippen molar-refractivity contribution in [3.63, 3.8) is 0 Å². The van der Waals surface area contributed by atoms with Crippen LogP contribution in [0.3, 0.4) is 0 Å². The summed E-state index contributed by atoms with van der Waals surface area (Å²) in [5, 5.41) is 1.95. The second-order valence-electron chi connectivity index (χ2n) is 7.93. The molecule has 29 heavy (non-hydrogen) atoms. The molecule has 2 saturated heterocycles. The van der Waals surface area contributed by atoms with E-state index in [1.807, 2.05) is 31.4 Å². The number of imide groups is 1. The lowest BCUT2D eigenvalue weighted by atomic mass is 10.1. The minimum absolute atomic E-state index is 0.0223. The summed E-state index contributed by atoms with van der Waals surface area (Å²) >= 11 is 1.51. The molecule has 8 heteroatoms. The Kier molecular flexibility index (Phi) is 6.34. The number of nitrogens with zero attached hydrogens (tertiary/aromatic N) is 3. The summed E-state index contributed by atoms with van der Waals surface area (Å²) in [6.07, 6.45) is 0.821. The van der Waals surface area contributed by atoms with Gasteiger partial charge in [-0.15, -0.1) is 11.3 Å². The molecule has 0 bridgehead atoms. The largest absolute Gasteiger partial charge is 0.379 e. The van der Waals surface area contributed by atoms with Gasteiger partial charge in [-0.3, -0.25) is 19.4 Å². The SMILES string of the molecule is CC1CN(C2=C(c3cccs3)C(=O)N(CCCN3CCOCC3)C2=O)CC(C)O1. The number of carbonyl (C=O) groups excluding carboxylic acids is 2. The summed E-state index contributed by atoms with van der Waals surface area (Å²) in [6, 6.07) is 3.85. The molecule has 4 rings (SSSR count). The molecule has 158 valence electrons. The summed E-state index contributed by atoms with van der Waals surface area (Å²) in [5.41, 5.74) is 1.10. The van der Waals surface area contributed by atoms with Gasteiger partial charge in [0.05, 0.1) is 31.0 Å². The van der Waals surface area contributed by atoms with Gasteiger partial charge in [0.25, 0.3) is 11.8 Å². The fraction of sp³-hybridized carbons (Fsp3) is 0.619. The van der Waals surface area contributed by atoms with Gasteiger partial charge in [0.2, 0.25) is 0 Å². The molecule has 0 radical (unpaired) electrons. The van der Waals surface area contributed by atoms with E-state index in [0.717, 1.165) is 44.1 Å². The predicted octanol–water partition coefficient (Wildman–Crippen LogP) is 1.66. The molecule has 0 aliphatic carbocycles. The van der Waals surface area contributed by atoms with Gasteiger partial charge >= 0.3 is 0 Å². The Morgan fingerprint density at radius 3 is 2.45 bits per heavy atom. The molecule has 0 saturated carbocycles. The highest BCUT2D eigenvalue weighted by Crippen LogP contribution is 2.35. The average Bonchev–Trinajstić information content (AvgIpc) is 3.30. The van der Waals surface area contributed by atoms with Crippen LogP contribution in [0.1, 0.15) is 25.1 Å². The van der Waals surface area contributed by atoms with Crippen LogP contribution in [0, 0.1) is 0 Å². The topological polar surface area (TPSA) is 62.3 Å². The van der Waals surface area contributed by atoms with Crippen LogP contribution in [0.2, 0.25) is 0 Å². The zero-order valence-corrected chi connectivity index (χ0v) is 18.0. The third kappa shape index (κ3) is 4.40. The van der Waals surface area contributed by atoms with Gasteiger partial charge in [-0.1, -0.05) is 6.07 Å². The molecule has 1 aromatic rings. The molecular weight excluding hydrogens is 390 g/mol. The highest BCUT2D eigenvalue weighted by molar-refractivity contribution is 7.11. The first-order valence-electron chi connectivity index (χ1n) is 10.4. The summed E-state index contributed by atoms with van der Waals surface area (Å²) in [6.45, 7) is 9.91. The number of amides is 2. The zero-order chi connectivity index (χ0) is 20.4. The van der Waals surface area contributed by atoms with Crippen LogP contribution >= 0.6 is 11.3 Å². The number of ether oxygens (including phenoxy) is 2. The van der Waals surface area contributed by atoms with Crippen molar-refractivity contribution >= 4 is 28.7 Å². The zero-order valence-electron chi connectivity index (χ0n) is 17.1. The Labute approximate surface area is 175 Å². The van der Waals surface area contributed by atoms with E-state index in [4.69, 9.17) is 9.47 Å². The lowest BCUT2D eigenvalue weighted by molar-refractivity contribution is -0.138. The molecule has 7 nitrogen and oxygen atoms in total. The highest BCUT2D eigenvalue weighted by Gasteiger charge is 2.43. The first kappa shape index (κ1) is 20.5. The molecule has 0 aromatic carbocycles. The molecule has 0 spiro atoms. The minimum Gasteiger partial charge on any atom is -0.379 e. The van der Waals surface area contributed by atoms with Crippen LogP contribution in [-0.4, -0.2) is 91.2 Å². The number of hydrogen-bond acceptors (Lipinski definition) is 7. The van der Waals surface area contributed by atoms with Crippen molar-refractivity contribution in [2.24, 2.45) is 0 Å². The van der Waals surface area contributed by atoms with Crippen LogP contribution in [0.4, 0.5) is 0 Å². The van der Waals surface area contributed by atoms with Gasteiger partial charge in [0, 0.05) is 44.1 Å². The van der Waals surface area contributed by atoms with Crippen molar-refractivity contribution in [1.82, 2.24) is 14.7 Å². The van der Waals surface area contributed by atoms with E-state index in [2.05, 4.69) is 9.80 Å². The van der Waals surface area contributed by atoms with E-state index in [1.54, 1.807) is 0 Å². The second kappa shape index (κ2) is 8.95. The van der Waals surface area contributed by atoms with E-state index in [9.17, 15) is 9.59 Å². The maximum absolute atomic E-state index is 13.4. The number of carbonyl (C=O) groups is 2. The molecule has 1 aromatic heterocycles. The maximum atomic E-state index is 13.4. The maximum Gasteiger partial charge on any atom is 0.277 e. The summed E-state index contributed by atoms with van der Waals surface area (Å²) in [4.78, 5) is 33.3. The molecule has 0 N–H and O–H groups in total. The molecule has 3 aliphatic rings. The van der Waals surface area contributed by atoms with Crippen molar-refractivity contribution in [2.75, 3.05) is 52.5 Å². The number of hydrogen-bond donors (Lipinski definition) is 0. The van der Waals surface area contributed by atoms with Gasteiger partial charge in [-0.05, 0) is 31.7 Å². The Morgan fingerprint density at radius 2 is 1.79 bits per heavy atom. The lowest BCUT2D eigenvalue weighted by Gasteiger charge is -2.37. The van der Waals surface area contributed by atoms with Gasteiger partial charge in [-0.2, -0.15) is 0 Å². The van der Waals surface area contributed by atoms with Gasteiger partial charge in [0.1, 0.15) is 5.70 Å². The highest BCUT2D eigenvalue weighted by atomic mass is 32.1. The lowest BCUT2D eigenvalue weighted by Crippen LogP contribution is -2.47. The normalized spacial score (nSPS) is 26.7. The predicted molar refractivity (Wildman–Crippen MR) is 111 cm³/mol. The van der Waals surface area contributed by atoms with Crippen LogP contribution in [0.25, 0.3) is 5.57 Å².